The summed E-state index contributed by atoms with van der Waals surface area (Å²) >= 11 is 0. The molecule has 0 unspecified atom stereocenters. The largest absolute Gasteiger partial charge is 0.502 e. The van der Waals surface area contributed by atoms with Crippen molar-refractivity contribution in [2.24, 2.45) is 0 Å². The van der Waals surface area contributed by atoms with Crippen LogP contribution in [0.15, 0.2) is 71.7 Å². The summed E-state index contributed by atoms with van der Waals surface area (Å²) in [4.78, 5) is 27.9. The Morgan fingerprint density at radius 2 is 1.67 bits per heavy atom. The van der Waals surface area contributed by atoms with E-state index in [1.165, 1.54) is 6.07 Å². The standard InChI is InChI=1S/C26H25N3O4/c30-20-13-15-27-24(25(20)31)26(32)28(18-9-6-10-18)22-14-16-33-21-12-5-4-11-19(21)23(29(22)27)17-7-2-1-3-8-17/h1-5,7-8,11-13,15,18,22-23,31H,6,9-10,14,16H2/t22-,23+/m0/s1. The van der Waals surface area contributed by atoms with Crippen molar-refractivity contribution in [1.29, 1.82) is 0 Å². The summed E-state index contributed by atoms with van der Waals surface area (Å²) in [5.74, 6) is 0.00390. The molecule has 3 aromatic rings. The van der Waals surface area contributed by atoms with Gasteiger partial charge in [0, 0.05) is 30.3 Å². The number of nitrogens with zero attached hydrogens (tertiary/aromatic N) is 3. The summed E-state index contributed by atoms with van der Waals surface area (Å²) in [6.45, 7) is 0.456. The van der Waals surface area contributed by atoms with Gasteiger partial charge in [-0.1, -0.05) is 48.5 Å². The summed E-state index contributed by atoms with van der Waals surface area (Å²) < 4.78 is 7.89. The Kier molecular flexibility index (Phi) is 4.64. The molecule has 0 saturated heterocycles. The maximum atomic E-state index is 13.7. The SMILES string of the molecule is O=C1c2c(O)c(=O)ccn2N2[C@H](c3ccccc3)c3ccccc3OCC[C@H]2N1C1CCC1. The topological polar surface area (TPSA) is 75.0 Å². The zero-order valence-electron chi connectivity index (χ0n) is 18.1. The fourth-order valence-corrected chi connectivity index (χ4v) is 5.30. The van der Waals surface area contributed by atoms with Gasteiger partial charge in [-0.25, -0.2) is 0 Å². The van der Waals surface area contributed by atoms with Crippen LogP contribution < -0.4 is 15.2 Å². The minimum Gasteiger partial charge on any atom is -0.502 e. The van der Waals surface area contributed by atoms with E-state index < -0.39 is 11.2 Å². The van der Waals surface area contributed by atoms with Gasteiger partial charge in [0.1, 0.15) is 18.0 Å². The van der Waals surface area contributed by atoms with Crippen LogP contribution in [0.25, 0.3) is 0 Å². The molecule has 2 atom stereocenters. The second-order valence-corrected chi connectivity index (χ2v) is 8.87. The Morgan fingerprint density at radius 3 is 2.42 bits per heavy atom. The zero-order valence-corrected chi connectivity index (χ0v) is 18.1. The third-order valence-corrected chi connectivity index (χ3v) is 7.06. The van der Waals surface area contributed by atoms with Crippen molar-refractivity contribution in [3.05, 3.63) is 93.9 Å². The average Bonchev–Trinajstić information content (AvgIpc) is 2.79. The van der Waals surface area contributed by atoms with Crippen molar-refractivity contribution in [2.45, 2.75) is 43.9 Å². The van der Waals surface area contributed by atoms with E-state index in [9.17, 15) is 14.7 Å². The Labute approximate surface area is 191 Å². The van der Waals surface area contributed by atoms with Gasteiger partial charge < -0.3 is 14.7 Å². The lowest BCUT2D eigenvalue weighted by molar-refractivity contribution is 0.0213. The second kappa shape index (κ2) is 7.69. The van der Waals surface area contributed by atoms with Gasteiger partial charge in [0.15, 0.2) is 11.4 Å². The van der Waals surface area contributed by atoms with E-state index in [1.807, 2.05) is 47.4 Å². The van der Waals surface area contributed by atoms with Gasteiger partial charge in [-0.2, -0.15) is 0 Å². The quantitative estimate of drug-likeness (QED) is 0.657. The number of amides is 1. The first kappa shape index (κ1) is 19.9. The molecule has 1 aliphatic carbocycles. The van der Waals surface area contributed by atoms with Crippen LogP contribution in [0, 0.1) is 0 Å². The number of para-hydroxylation sites is 1. The number of rotatable bonds is 2. The molecule has 1 N–H and O–H groups in total. The Bertz CT molecular complexity index is 1270. The molecule has 1 fully saturated rings. The first-order valence-electron chi connectivity index (χ1n) is 11.5. The summed E-state index contributed by atoms with van der Waals surface area (Å²) in [7, 11) is 0. The molecule has 1 saturated carbocycles. The number of aromatic hydroxyl groups is 1. The van der Waals surface area contributed by atoms with Crippen molar-refractivity contribution >= 4 is 5.91 Å². The maximum absolute atomic E-state index is 13.7. The summed E-state index contributed by atoms with van der Waals surface area (Å²) in [6, 6.07) is 19.2. The Morgan fingerprint density at radius 1 is 0.909 bits per heavy atom. The molecule has 1 aromatic heterocycles. The van der Waals surface area contributed by atoms with Gasteiger partial charge in [0.2, 0.25) is 5.43 Å². The maximum Gasteiger partial charge on any atom is 0.278 e. The fourth-order valence-electron chi connectivity index (χ4n) is 5.30. The highest BCUT2D eigenvalue weighted by Crippen LogP contribution is 2.42. The highest BCUT2D eigenvalue weighted by atomic mass is 16.5. The summed E-state index contributed by atoms with van der Waals surface area (Å²) in [6.07, 6.45) is 4.84. The van der Waals surface area contributed by atoms with Gasteiger partial charge in [0.05, 0.1) is 6.61 Å². The molecule has 3 aliphatic rings. The number of carbonyl (C=O) groups is 1. The molecule has 7 nitrogen and oxygen atoms in total. The number of benzene rings is 2. The Balaban J connectivity index is 1.64. The number of ether oxygens (including phenoxy) is 1. The van der Waals surface area contributed by atoms with Crippen molar-refractivity contribution in [1.82, 2.24) is 9.58 Å². The molecule has 33 heavy (non-hydrogen) atoms. The van der Waals surface area contributed by atoms with Crippen LogP contribution >= 0.6 is 0 Å². The number of carbonyl (C=O) groups excluding carboxylic acids is 1. The molecule has 1 amide bonds. The minimum absolute atomic E-state index is 0.0329. The molecule has 2 aliphatic heterocycles. The third-order valence-electron chi connectivity index (χ3n) is 7.06. The normalized spacial score (nSPS) is 22.2. The van der Waals surface area contributed by atoms with Crippen LogP contribution in [0.3, 0.4) is 0 Å². The number of pyridine rings is 1. The first-order chi connectivity index (χ1) is 16.1. The number of hydrogen-bond donors (Lipinski definition) is 1. The van der Waals surface area contributed by atoms with Crippen molar-refractivity contribution < 1.29 is 14.6 Å². The van der Waals surface area contributed by atoms with E-state index in [4.69, 9.17) is 4.74 Å². The van der Waals surface area contributed by atoms with Gasteiger partial charge in [-0.3, -0.25) is 19.3 Å². The number of hydrogen-bond acceptors (Lipinski definition) is 5. The van der Waals surface area contributed by atoms with Crippen LogP contribution in [0.4, 0.5) is 0 Å². The predicted octanol–water partition coefficient (Wildman–Crippen LogP) is 3.40. The highest BCUT2D eigenvalue weighted by Gasteiger charge is 2.47. The van der Waals surface area contributed by atoms with Crippen molar-refractivity contribution in [2.75, 3.05) is 11.6 Å². The van der Waals surface area contributed by atoms with Crippen LogP contribution in [0.5, 0.6) is 11.5 Å². The van der Waals surface area contributed by atoms with Gasteiger partial charge in [-0.15, -0.1) is 0 Å². The van der Waals surface area contributed by atoms with E-state index in [2.05, 4.69) is 17.1 Å². The van der Waals surface area contributed by atoms with E-state index in [0.29, 0.717) is 13.0 Å². The lowest BCUT2D eigenvalue weighted by Crippen LogP contribution is -2.66. The fraction of sp³-hybridized carbons (Fsp3) is 0.308. The minimum atomic E-state index is -0.548. The van der Waals surface area contributed by atoms with Crippen LogP contribution in [-0.4, -0.2) is 39.4 Å². The van der Waals surface area contributed by atoms with Crippen LogP contribution in [0.1, 0.15) is 53.3 Å². The monoisotopic (exact) mass is 443 g/mol. The van der Waals surface area contributed by atoms with Gasteiger partial charge in [0.25, 0.3) is 5.91 Å². The average molecular weight is 444 g/mol. The van der Waals surface area contributed by atoms with E-state index >= 15 is 0 Å². The smallest absolute Gasteiger partial charge is 0.278 e. The lowest BCUT2D eigenvalue weighted by atomic mass is 9.89. The molecule has 168 valence electrons. The third kappa shape index (κ3) is 3.03. The molecule has 2 aromatic carbocycles. The molecular formula is C26H25N3O4. The molecule has 3 heterocycles. The molecule has 0 bridgehead atoms. The van der Waals surface area contributed by atoms with E-state index in [1.54, 1.807) is 10.9 Å². The molecule has 6 rings (SSSR count). The zero-order chi connectivity index (χ0) is 22.5. The van der Waals surface area contributed by atoms with E-state index in [-0.39, 0.29) is 29.9 Å². The van der Waals surface area contributed by atoms with E-state index in [0.717, 1.165) is 36.1 Å². The second-order valence-electron chi connectivity index (χ2n) is 8.87. The van der Waals surface area contributed by atoms with Crippen LogP contribution in [0.2, 0.25) is 0 Å². The highest BCUT2D eigenvalue weighted by molar-refractivity contribution is 5.96. The Hall–Kier alpha value is -3.74. The number of fused-ring (bicyclic) bond motifs is 4. The summed E-state index contributed by atoms with van der Waals surface area (Å²) in [5, 5.41) is 12.9. The summed E-state index contributed by atoms with van der Waals surface area (Å²) in [5.41, 5.74) is 1.49. The molecule has 0 radical (unpaired) electrons. The number of aromatic nitrogens is 1. The van der Waals surface area contributed by atoms with Gasteiger partial charge in [-0.05, 0) is 30.9 Å². The molecular weight excluding hydrogens is 418 g/mol. The van der Waals surface area contributed by atoms with Crippen molar-refractivity contribution in [3.8, 4) is 11.5 Å². The lowest BCUT2D eigenvalue weighted by Gasteiger charge is -2.54. The molecule has 7 heteroatoms. The van der Waals surface area contributed by atoms with Crippen molar-refractivity contribution in [3.63, 3.8) is 0 Å². The first-order valence-corrected chi connectivity index (χ1v) is 11.5. The predicted molar refractivity (Wildman–Crippen MR) is 123 cm³/mol. The molecule has 0 spiro atoms. The van der Waals surface area contributed by atoms with Gasteiger partial charge >= 0.3 is 0 Å². The van der Waals surface area contributed by atoms with Crippen LogP contribution in [-0.2, 0) is 0 Å².